The monoisotopic (exact) mass is 493 g/mol. The van der Waals surface area contributed by atoms with Crippen LogP contribution in [0.1, 0.15) is 5.56 Å². The zero-order chi connectivity index (χ0) is 23.4. The van der Waals surface area contributed by atoms with Crippen LogP contribution in [0.3, 0.4) is 0 Å². The molecule has 4 aromatic rings. The molecule has 0 spiro atoms. The molecule has 1 heterocycles. The highest BCUT2D eigenvalue weighted by Gasteiger charge is 2.23. The molecule has 0 aliphatic carbocycles. The first-order valence-electron chi connectivity index (χ1n) is 9.95. The molecular formula is C25H17Cl2N3O2S. The number of nitrogens with one attached hydrogen (secondary N) is 1. The fourth-order valence-electron chi connectivity index (χ4n) is 3.31. The van der Waals surface area contributed by atoms with Crippen LogP contribution in [0.4, 0.5) is 5.13 Å². The number of carbonyl (C=O) groups excluding carboxylic acids is 1. The van der Waals surface area contributed by atoms with E-state index in [0.717, 1.165) is 21.7 Å². The van der Waals surface area contributed by atoms with Crippen molar-refractivity contribution < 1.29 is 9.90 Å². The second kappa shape index (κ2) is 10.1. The van der Waals surface area contributed by atoms with Gasteiger partial charge >= 0.3 is 0 Å². The molecule has 1 amide bonds. The summed E-state index contributed by atoms with van der Waals surface area (Å²) in [5.41, 5.74) is 3.24. The van der Waals surface area contributed by atoms with Gasteiger partial charge in [-0.25, -0.2) is 4.98 Å². The summed E-state index contributed by atoms with van der Waals surface area (Å²) < 4.78 is 0. The molecule has 0 fully saturated rings. The number of benzene rings is 3. The minimum Gasteiger partial charge on any atom is -0.505 e. The van der Waals surface area contributed by atoms with Gasteiger partial charge in [0.25, 0.3) is 0 Å². The average Bonchev–Trinajstić information content (AvgIpc) is 3.25. The molecule has 5 nitrogen and oxygen atoms in total. The van der Waals surface area contributed by atoms with Gasteiger partial charge in [0.05, 0.1) is 26.7 Å². The van der Waals surface area contributed by atoms with Crippen LogP contribution in [0.15, 0.2) is 72.8 Å². The maximum atomic E-state index is 12.9. The summed E-state index contributed by atoms with van der Waals surface area (Å²) in [7, 11) is 0. The Morgan fingerprint density at radius 1 is 1.03 bits per heavy atom. The van der Waals surface area contributed by atoms with E-state index in [1.807, 2.05) is 66.7 Å². The van der Waals surface area contributed by atoms with Crippen molar-refractivity contribution in [1.29, 1.82) is 5.26 Å². The molecule has 8 heteroatoms. The highest BCUT2D eigenvalue weighted by Crippen LogP contribution is 2.39. The number of thiazole rings is 1. The highest BCUT2D eigenvalue weighted by atomic mass is 35.5. The maximum absolute atomic E-state index is 12.9. The van der Waals surface area contributed by atoms with Gasteiger partial charge in [-0.15, -0.1) is 0 Å². The van der Waals surface area contributed by atoms with Crippen molar-refractivity contribution in [3.05, 3.63) is 88.4 Å². The van der Waals surface area contributed by atoms with Crippen molar-refractivity contribution in [2.45, 2.75) is 6.42 Å². The Bertz CT molecular complexity index is 1260. The van der Waals surface area contributed by atoms with Crippen molar-refractivity contribution in [2.24, 2.45) is 5.92 Å². The number of anilines is 1. The van der Waals surface area contributed by atoms with E-state index in [4.69, 9.17) is 23.2 Å². The van der Waals surface area contributed by atoms with Gasteiger partial charge in [0.15, 0.2) is 10.9 Å². The van der Waals surface area contributed by atoms with Crippen LogP contribution < -0.4 is 5.32 Å². The summed E-state index contributed by atoms with van der Waals surface area (Å²) in [5, 5.41) is 22.6. The molecule has 0 bridgehead atoms. The van der Waals surface area contributed by atoms with Crippen LogP contribution in [0.5, 0.6) is 5.75 Å². The third-order valence-corrected chi connectivity index (χ3v) is 6.53. The molecule has 0 saturated heterocycles. The topological polar surface area (TPSA) is 86.0 Å². The lowest BCUT2D eigenvalue weighted by molar-refractivity contribution is -0.118. The number of phenols is 1. The molecule has 0 aliphatic rings. The summed E-state index contributed by atoms with van der Waals surface area (Å²) in [4.78, 5) is 18.5. The first-order valence-corrected chi connectivity index (χ1v) is 11.5. The second-order valence-corrected chi connectivity index (χ2v) is 9.03. The number of hydrogen-bond donors (Lipinski definition) is 2. The van der Waals surface area contributed by atoms with E-state index in [1.165, 1.54) is 23.5 Å². The number of nitrogens with zero attached hydrogens (tertiary/aromatic N) is 2. The second-order valence-electron chi connectivity index (χ2n) is 7.21. The van der Waals surface area contributed by atoms with Crippen LogP contribution in [-0.2, 0) is 11.2 Å². The Morgan fingerprint density at radius 2 is 1.61 bits per heavy atom. The number of amides is 1. The predicted molar refractivity (Wildman–Crippen MR) is 133 cm³/mol. The van der Waals surface area contributed by atoms with Crippen LogP contribution in [-0.4, -0.2) is 16.0 Å². The zero-order valence-corrected chi connectivity index (χ0v) is 19.5. The van der Waals surface area contributed by atoms with E-state index in [0.29, 0.717) is 10.7 Å². The van der Waals surface area contributed by atoms with Crippen molar-refractivity contribution in [2.75, 3.05) is 5.32 Å². The van der Waals surface area contributed by atoms with E-state index in [2.05, 4.69) is 10.3 Å². The number of nitriles is 1. The van der Waals surface area contributed by atoms with Gasteiger partial charge in [0, 0.05) is 5.56 Å². The fraction of sp³-hybridized carbons (Fsp3) is 0.0800. The fourth-order valence-corrected chi connectivity index (χ4v) is 4.84. The minimum atomic E-state index is -0.995. The molecule has 33 heavy (non-hydrogen) atoms. The van der Waals surface area contributed by atoms with Crippen LogP contribution >= 0.6 is 34.5 Å². The van der Waals surface area contributed by atoms with Gasteiger partial charge < -0.3 is 10.4 Å². The maximum Gasteiger partial charge on any atom is 0.243 e. The van der Waals surface area contributed by atoms with Crippen molar-refractivity contribution in [3.8, 4) is 33.5 Å². The van der Waals surface area contributed by atoms with Gasteiger partial charge in [0.2, 0.25) is 5.91 Å². The van der Waals surface area contributed by atoms with Crippen LogP contribution in [0, 0.1) is 17.2 Å². The van der Waals surface area contributed by atoms with Gasteiger partial charge in [-0.05, 0) is 29.7 Å². The molecule has 0 aliphatic heterocycles. The van der Waals surface area contributed by atoms with Crippen molar-refractivity contribution in [3.63, 3.8) is 0 Å². The summed E-state index contributed by atoms with van der Waals surface area (Å²) in [6.07, 6.45) is 0.0878. The quantitative estimate of drug-likeness (QED) is 0.308. The van der Waals surface area contributed by atoms with Crippen molar-refractivity contribution in [1.82, 2.24) is 4.98 Å². The lowest BCUT2D eigenvalue weighted by atomic mass is 10.00. The number of phenolic OH excluding ortho intramolecular Hbond substituents is 1. The van der Waals surface area contributed by atoms with Gasteiger partial charge in [-0.3, -0.25) is 4.79 Å². The van der Waals surface area contributed by atoms with Crippen LogP contribution in [0.25, 0.3) is 21.7 Å². The lowest BCUT2D eigenvalue weighted by Gasteiger charge is -2.10. The predicted octanol–water partition coefficient (Wildman–Crippen LogP) is 6.81. The number of carbonyl (C=O) groups is 1. The molecule has 1 unspecified atom stereocenters. The molecule has 3 aromatic carbocycles. The van der Waals surface area contributed by atoms with Crippen LogP contribution in [0.2, 0.25) is 10.0 Å². The summed E-state index contributed by atoms with van der Waals surface area (Å²) in [5.74, 6) is -1.71. The van der Waals surface area contributed by atoms with E-state index in [-0.39, 0.29) is 22.2 Å². The summed E-state index contributed by atoms with van der Waals surface area (Å²) in [6, 6.07) is 24.5. The first kappa shape index (κ1) is 22.8. The number of aromatic hydroxyl groups is 1. The molecule has 0 saturated carbocycles. The number of rotatable bonds is 6. The molecule has 1 aromatic heterocycles. The minimum absolute atomic E-state index is 0.0644. The third-order valence-electron chi connectivity index (χ3n) is 4.93. The highest BCUT2D eigenvalue weighted by molar-refractivity contribution is 7.19. The Hall–Kier alpha value is -3.37. The van der Waals surface area contributed by atoms with E-state index in [9.17, 15) is 15.2 Å². The van der Waals surface area contributed by atoms with Gasteiger partial charge in [0.1, 0.15) is 5.92 Å². The Kier molecular flexibility index (Phi) is 6.95. The zero-order valence-electron chi connectivity index (χ0n) is 17.1. The molecule has 0 radical (unpaired) electrons. The molecular weight excluding hydrogens is 477 g/mol. The average molecular weight is 494 g/mol. The Morgan fingerprint density at radius 3 is 2.18 bits per heavy atom. The largest absolute Gasteiger partial charge is 0.505 e. The molecule has 4 rings (SSSR count). The Balaban J connectivity index is 1.61. The summed E-state index contributed by atoms with van der Waals surface area (Å²) >= 11 is 13.3. The van der Waals surface area contributed by atoms with Gasteiger partial charge in [-0.1, -0.05) is 95.2 Å². The van der Waals surface area contributed by atoms with E-state index >= 15 is 0 Å². The molecule has 2 N–H and O–H groups in total. The SMILES string of the molecule is N#CC(Cc1cc(Cl)c(O)c(Cl)c1)C(=O)Nc1nc(-c2ccccc2)c(-c2ccccc2)s1. The number of hydrogen-bond acceptors (Lipinski definition) is 5. The summed E-state index contributed by atoms with van der Waals surface area (Å²) in [6.45, 7) is 0. The molecule has 164 valence electrons. The normalized spacial score (nSPS) is 11.5. The molecule has 1 atom stereocenters. The third kappa shape index (κ3) is 5.18. The first-order chi connectivity index (χ1) is 16.0. The van der Waals surface area contributed by atoms with Gasteiger partial charge in [-0.2, -0.15) is 5.26 Å². The smallest absolute Gasteiger partial charge is 0.243 e. The van der Waals surface area contributed by atoms with Crippen molar-refractivity contribution >= 4 is 45.6 Å². The Labute approximate surface area is 204 Å². The number of halogens is 2. The van der Waals surface area contributed by atoms with E-state index in [1.54, 1.807) is 0 Å². The van der Waals surface area contributed by atoms with E-state index < -0.39 is 11.8 Å². The standard InChI is InChI=1S/C25H17Cl2N3O2S/c26-19-12-15(13-20(27)22(19)31)11-18(14-28)24(32)30-25-29-21(16-7-3-1-4-8-16)23(33-25)17-9-5-2-6-10-17/h1-10,12-13,18,31H,11H2,(H,29,30,32). The number of aromatic nitrogens is 1. The lowest BCUT2D eigenvalue weighted by Crippen LogP contribution is -2.23.